The van der Waals surface area contributed by atoms with E-state index >= 15 is 0 Å². The number of amides is 1. The summed E-state index contributed by atoms with van der Waals surface area (Å²) in [6.45, 7) is 2.44. The predicted octanol–water partition coefficient (Wildman–Crippen LogP) is 0.532. The Balaban J connectivity index is 1.91. The quantitative estimate of drug-likeness (QED) is 0.678. The number of phenolic OH excluding ortho intramolecular Hbond substituents is 2. The Morgan fingerprint density at radius 2 is 2.00 bits per heavy atom. The molecular weight excluding hydrogens is 232 g/mol. The van der Waals surface area contributed by atoms with Crippen molar-refractivity contribution in [2.75, 3.05) is 19.6 Å². The van der Waals surface area contributed by atoms with Crippen molar-refractivity contribution in [3.8, 4) is 11.5 Å². The lowest BCUT2D eigenvalue weighted by Crippen LogP contribution is -2.39. The van der Waals surface area contributed by atoms with E-state index in [1.807, 2.05) is 0 Å². The minimum Gasteiger partial charge on any atom is -0.507 e. The number of carbonyl (C=O) groups is 1. The monoisotopic (exact) mass is 248 g/mol. The zero-order chi connectivity index (χ0) is 12.7. The molecule has 5 nitrogen and oxygen atoms in total. The number of aromatic hydroxyl groups is 2. The number of benzene rings is 1. The van der Waals surface area contributed by atoms with E-state index in [0.29, 0.717) is 12.5 Å². The molecule has 2 aliphatic heterocycles. The van der Waals surface area contributed by atoms with Crippen LogP contribution in [0.3, 0.4) is 0 Å². The number of carbonyl (C=O) groups excluding carboxylic acids is 1. The zero-order valence-corrected chi connectivity index (χ0v) is 9.97. The highest BCUT2D eigenvalue weighted by atomic mass is 16.3. The third kappa shape index (κ3) is 1.62. The smallest absolute Gasteiger partial charge is 0.261 e. The van der Waals surface area contributed by atoms with Gasteiger partial charge in [0, 0.05) is 25.7 Å². The van der Waals surface area contributed by atoms with Gasteiger partial charge in [-0.3, -0.25) is 4.79 Å². The summed E-state index contributed by atoms with van der Waals surface area (Å²) in [6, 6.07) is 4.56. The Hall–Kier alpha value is -1.75. The number of nitrogens with one attached hydrogen (secondary N) is 1. The molecule has 2 fully saturated rings. The van der Waals surface area contributed by atoms with Crippen LogP contribution in [0.25, 0.3) is 0 Å². The summed E-state index contributed by atoms with van der Waals surface area (Å²) in [4.78, 5) is 14.2. The normalized spacial score (nSPS) is 26.3. The Morgan fingerprint density at radius 1 is 1.28 bits per heavy atom. The second-order valence-electron chi connectivity index (χ2n) is 4.94. The molecule has 2 atom stereocenters. The summed E-state index contributed by atoms with van der Waals surface area (Å²) in [5, 5.41) is 22.7. The van der Waals surface area contributed by atoms with Gasteiger partial charge in [0.05, 0.1) is 0 Å². The first kappa shape index (κ1) is 11.3. The van der Waals surface area contributed by atoms with Crippen molar-refractivity contribution in [2.45, 2.75) is 12.5 Å². The molecule has 18 heavy (non-hydrogen) atoms. The van der Waals surface area contributed by atoms with Crippen LogP contribution in [0.15, 0.2) is 18.2 Å². The lowest BCUT2D eigenvalue weighted by atomic mass is 10.0. The molecule has 96 valence electrons. The summed E-state index contributed by atoms with van der Waals surface area (Å²) in [5.74, 6) is -0.0902. The number of phenols is 2. The van der Waals surface area contributed by atoms with Crippen molar-refractivity contribution in [1.29, 1.82) is 0 Å². The van der Waals surface area contributed by atoms with Crippen LogP contribution in [0, 0.1) is 5.92 Å². The fourth-order valence-electron chi connectivity index (χ4n) is 2.99. The van der Waals surface area contributed by atoms with Crippen LogP contribution in [-0.2, 0) is 0 Å². The third-order valence-electron chi connectivity index (χ3n) is 3.94. The molecule has 1 aromatic rings. The largest absolute Gasteiger partial charge is 0.507 e. The number of rotatable bonds is 1. The molecule has 0 saturated carbocycles. The van der Waals surface area contributed by atoms with Gasteiger partial charge < -0.3 is 20.4 Å². The van der Waals surface area contributed by atoms with E-state index in [1.165, 1.54) is 18.2 Å². The van der Waals surface area contributed by atoms with Gasteiger partial charge in [-0.1, -0.05) is 6.07 Å². The fourth-order valence-corrected chi connectivity index (χ4v) is 2.99. The predicted molar refractivity (Wildman–Crippen MR) is 65.6 cm³/mol. The average molecular weight is 248 g/mol. The minimum atomic E-state index is -0.276. The molecule has 3 rings (SSSR count). The molecule has 0 unspecified atom stereocenters. The number of hydrogen-bond donors (Lipinski definition) is 3. The summed E-state index contributed by atoms with van der Waals surface area (Å²) in [5.41, 5.74) is 0.0186. The van der Waals surface area contributed by atoms with Crippen LogP contribution in [0.1, 0.15) is 16.8 Å². The molecule has 5 heteroatoms. The summed E-state index contributed by atoms with van der Waals surface area (Å²) < 4.78 is 0. The highest BCUT2D eigenvalue weighted by Gasteiger charge is 2.41. The van der Waals surface area contributed by atoms with Crippen molar-refractivity contribution in [3.63, 3.8) is 0 Å². The summed E-state index contributed by atoms with van der Waals surface area (Å²) >= 11 is 0. The van der Waals surface area contributed by atoms with Crippen molar-refractivity contribution in [1.82, 2.24) is 10.2 Å². The van der Waals surface area contributed by atoms with E-state index in [0.717, 1.165) is 19.5 Å². The first-order chi connectivity index (χ1) is 8.68. The van der Waals surface area contributed by atoms with Crippen molar-refractivity contribution >= 4 is 5.91 Å². The molecule has 0 aliphatic carbocycles. The van der Waals surface area contributed by atoms with Gasteiger partial charge in [0.15, 0.2) is 0 Å². The summed E-state index contributed by atoms with van der Waals surface area (Å²) in [7, 11) is 0. The fraction of sp³-hybridized carbons (Fsp3) is 0.462. The Kier molecular flexibility index (Phi) is 2.63. The van der Waals surface area contributed by atoms with Gasteiger partial charge in [-0.05, 0) is 24.5 Å². The van der Waals surface area contributed by atoms with Gasteiger partial charge >= 0.3 is 0 Å². The van der Waals surface area contributed by atoms with Gasteiger partial charge in [-0.2, -0.15) is 0 Å². The second kappa shape index (κ2) is 4.17. The Labute approximate surface area is 105 Å². The number of hydrogen-bond acceptors (Lipinski definition) is 4. The first-order valence-corrected chi connectivity index (χ1v) is 6.21. The van der Waals surface area contributed by atoms with Crippen molar-refractivity contribution < 1.29 is 15.0 Å². The molecule has 0 bridgehead atoms. The maximum absolute atomic E-state index is 12.4. The van der Waals surface area contributed by atoms with Gasteiger partial charge in [0.2, 0.25) is 0 Å². The van der Waals surface area contributed by atoms with Gasteiger partial charge in [-0.25, -0.2) is 0 Å². The molecule has 3 N–H and O–H groups in total. The standard InChI is InChI=1S/C13H16N2O3/c16-10-2-1-3-11(17)12(10)13(18)15-5-4-8-6-14-7-9(8)15/h1-3,8-9,14,16-17H,4-7H2/t8-,9+/m0/s1. The lowest BCUT2D eigenvalue weighted by molar-refractivity contribution is 0.0731. The highest BCUT2D eigenvalue weighted by molar-refractivity contribution is 5.99. The van der Waals surface area contributed by atoms with Crippen LogP contribution >= 0.6 is 0 Å². The van der Waals surface area contributed by atoms with Crippen LogP contribution in [-0.4, -0.2) is 46.7 Å². The topological polar surface area (TPSA) is 72.8 Å². The maximum Gasteiger partial charge on any atom is 0.261 e. The zero-order valence-electron chi connectivity index (χ0n) is 9.97. The van der Waals surface area contributed by atoms with E-state index in [9.17, 15) is 15.0 Å². The Bertz CT molecular complexity index is 469. The molecule has 0 spiro atoms. The van der Waals surface area contributed by atoms with Crippen molar-refractivity contribution in [2.24, 2.45) is 5.92 Å². The summed E-state index contributed by atoms with van der Waals surface area (Å²) in [6.07, 6.45) is 0.984. The van der Waals surface area contributed by atoms with Gasteiger partial charge in [0.25, 0.3) is 5.91 Å². The third-order valence-corrected chi connectivity index (χ3v) is 3.94. The maximum atomic E-state index is 12.4. The first-order valence-electron chi connectivity index (χ1n) is 6.21. The van der Waals surface area contributed by atoms with Crippen LogP contribution in [0.4, 0.5) is 0 Å². The molecule has 1 aromatic carbocycles. The molecule has 2 heterocycles. The highest BCUT2D eigenvalue weighted by Crippen LogP contribution is 2.33. The van der Waals surface area contributed by atoms with Crippen LogP contribution < -0.4 is 5.32 Å². The van der Waals surface area contributed by atoms with Crippen LogP contribution in [0.2, 0.25) is 0 Å². The van der Waals surface area contributed by atoms with Crippen molar-refractivity contribution in [3.05, 3.63) is 23.8 Å². The molecule has 2 aliphatic rings. The Morgan fingerprint density at radius 3 is 2.72 bits per heavy atom. The molecule has 2 saturated heterocycles. The van der Waals surface area contributed by atoms with E-state index < -0.39 is 0 Å². The molecule has 0 aromatic heterocycles. The van der Waals surface area contributed by atoms with E-state index in [2.05, 4.69) is 5.32 Å². The number of fused-ring (bicyclic) bond motifs is 1. The molecule has 0 radical (unpaired) electrons. The average Bonchev–Trinajstić information content (AvgIpc) is 2.89. The number of nitrogens with zero attached hydrogens (tertiary/aromatic N) is 1. The van der Waals surface area contributed by atoms with Crippen LogP contribution in [0.5, 0.6) is 11.5 Å². The lowest BCUT2D eigenvalue weighted by Gasteiger charge is -2.24. The van der Waals surface area contributed by atoms with Gasteiger partial charge in [-0.15, -0.1) is 0 Å². The van der Waals surface area contributed by atoms with E-state index in [1.54, 1.807) is 4.90 Å². The molecule has 1 amide bonds. The number of likely N-dealkylation sites (tertiary alicyclic amines) is 1. The minimum absolute atomic E-state index is 0.0186. The molecular formula is C13H16N2O3. The van der Waals surface area contributed by atoms with Gasteiger partial charge in [0.1, 0.15) is 17.1 Å². The SMILES string of the molecule is O=C(c1c(O)cccc1O)N1CC[C@H]2CNC[C@H]21. The van der Waals surface area contributed by atoms with E-state index in [4.69, 9.17) is 0 Å². The van der Waals surface area contributed by atoms with E-state index in [-0.39, 0.29) is 29.0 Å². The second-order valence-corrected chi connectivity index (χ2v) is 4.94.